The molecule has 3 heterocycles. The minimum atomic E-state index is -4.58. The van der Waals surface area contributed by atoms with E-state index in [2.05, 4.69) is 25.4 Å². The standard InChI is InChI=1S/C19H17F3N6O3S/c1-3-32(30,31)15-9-14(28-8-4-7-25-28)11-24-17(15)18(26-12(2)29)27-16-6-5-13(10-23-16)19(20,21)22/h4-11H,3H2,1-2H3,(H,23,26,27,29). The number of carbonyl (C=O) groups excluding carboxylic acids is 1. The lowest BCUT2D eigenvalue weighted by Crippen LogP contribution is -2.31. The van der Waals surface area contributed by atoms with Crippen molar-refractivity contribution in [2.24, 2.45) is 4.99 Å². The molecule has 0 aliphatic carbocycles. The van der Waals surface area contributed by atoms with E-state index in [1.165, 1.54) is 37.0 Å². The van der Waals surface area contributed by atoms with Gasteiger partial charge < -0.3 is 5.32 Å². The molecule has 13 heteroatoms. The van der Waals surface area contributed by atoms with Crippen LogP contribution in [0.4, 0.5) is 19.0 Å². The molecule has 0 radical (unpaired) electrons. The van der Waals surface area contributed by atoms with E-state index in [9.17, 15) is 26.4 Å². The fraction of sp³-hybridized carbons (Fsp3) is 0.211. The minimum Gasteiger partial charge on any atom is -0.309 e. The summed E-state index contributed by atoms with van der Waals surface area (Å²) >= 11 is 0. The molecule has 3 aromatic rings. The highest BCUT2D eigenvalue weighted by Crippen LogP contribution is 2.29. The molecular weight excluding hydrogens is 449 g/mol. The first-order chi connectivity index (χ1) is 15.0. The Morgan fingerprint density at radius 1 is 1.22 bits per heavy atom. The Kier molecular flexibility index (Phi) is 6.39. The quantitative estimate of drug-likeness (QED) is 0.456. The van der Waals surface area contributed by atoms with Gasteiger partial charge in [-0.15, -0.1) is 0 Å². The van der Waals surface area contributed by atoms with E-state index in [0.29, 0.717) is 11.9 Å². The van der Waals surface area contributed by atoms with Gasteiger partial charge in [0.2, 0.25) is 5.91 Å². The molecule has 1 amide bonds. The molecule has 0 fully saturated rings. The SMILES string of the molecule is CCS(=O)(=O)c1cc(-n2cccn2)cnc1C(=Nc1ccc(C(F)(F)F)cn1)NC(C)=O. The number of sulfone groups is 1. The lowest BCUT2D eigenvalue weighted by molar-refractivity contribution is -0.137. The van der Waals surface area contributed by atoms with Crippen molar-refractivity contribution in [1.29, 1.82) is 0 Å². The zero-order valence-corrected chi connectivity index (χ0v) is 17.6. The van der Waals surface area contributed by atoms with Crippen LogP contribution in [0, 0.1) is 0 Å². The summed E-state index contributed by atoms with van der Waals surface area (Å²) in [5.41, 5.74) is -0.811. The van der Waals surface area contributed by atoms with Crippen molar-refractivity contribution in [2.75, 3.05) is 5.75 Å². The topological polar surface area (TPSA) is 119 Å². The number of aromatic nitrogens is 4. The van der Waals surface area contributed by atoms with Gasteiger partial charge in [0.05, 0.1) is 28.1 Å². The monoisotopic (exact) mass is 466 g/mol. The molecule has 0 saturated carbocycles. The Bertz CT molecular complexity index is 1250. The first-order valence-electron chi connectivity index (χ1n) is 9.14. The van der Waals surface area contributed by atoms with Crippen molar-refractivity contribution >= 4 is 27.4 Å². The Morgan fingerprint density at radius 3 is 2.50 bits per heavy atom. The molecule has 0 unspecified atom stereocenters. The van der Waals surface area contributed by atoms with Crippen molar-refractivity contribution in [3.63, 3.8) is 0 Å². The van der Waals surface area contributed by atoms with Crippen LogP contribution >= 0.6 is 0 Å². The van der Waals surface area contributed by atoms with Crippen LogP contribution in [0.25, 0.3) is 5.69 Å². The Balaban J connectivity index is 2.17. The fourth-order valence-corrected chi connectivity index (χ4v) is 3.65. The summed E-state index contributed by atoms with van der Waals surface area (Å²) in [6.45, 7) is 2.61. The molecule has 168 valence electrons. The van der Waals surface area contributed by atoms with E-state index in [4.69, 9.17) is 0 Å². The van der Waals surface area contributed by atoms with E-state index in [0.717, 1.165) is 12.1 Å². The van der Waals surface area contributed by atoms with Crippen molar-refractivity contribution in [3.05, 3.63) is 60.3 Å². The maximum absolute atomic E-state index is 12.8. The number of nitrogens with zero attached hydrogens (tertiary/aromatic N) is 5. The average molecular weight is 466 g/mol. The Labute approximate surface area is 181 Å². The van der Waals surface area contributed by atoms with Crippen LogP contribution < -0.4 is 5.32 Å². The molecule has 1 N–H and O–H groups in total. The lowest BCUT2D eigenvalue weighted by Gasteiger charge is -2.13. The molecular formula is C19H17F3N6O3S. The van der Waals surface area contributed by atoms with Crippen molar-refractivity contribution in [2.45, 2.75) is 24.9 Å². The lowest BCUT2D eigenvalue weighted by atomic mass is 10.2. The molecule has 0 aliphatic heterocycles. The summed E-state index contributed by atoms with van der Waals surface area (Å²) in [5.74, 6) is -1.31. The number of carbonyl (C=O) groups is 1. The minimum absolute atomic E-state index is 0.181. The number of aliphatic imine (C=N–C) groups is 1. The maximum atomic E-state index is 12.8. The highest BCUT2D eigenvalue weighted by Gasteiger charge is 2.30. The Morgan fingerprint density at radius 2 is 1.97 bits per heavy atom. The number of halogens is 3. The second-order valence-corrected chi connectivity index (χ2v) is 8.69. The molecule has 0 aliphatic rings. The van der Waals surface area contributed by atoms with E-state index in [-0.39, 0.29) is 28.0 Å². The Hall–Kier alpha value is -3.61. The van der Waals surface area contributed by atoms with Gasteiger partial charge in [0.15, 0.2) is 21.5 Å². The zero-order valence-electron chi connectivity index (χ0n) is 16.8. The van der Waals surface area contributed by atoms with Crippen molar-refractivity contribution in [1.82, 2.24) is 25.1 Å². The number of rotatable bonds is 5. The highest BCUT2D eigenvalue weighted by molar-refractivity contribution is 7.91. The normalized spacial score (nSPS) is 12.6. The molecule has 0 atom stereocenters. The predicted octanol–water partition coefficient (Wildman–Crippen LogP) is 2.69. The second-order valence-electron chi connectivity index (χ2n) is 6.44. The van der Waals surface area contributed by atoms with Gasteiger partial charge in [0, 0.05) is 25.5 Å². The maximum Gasteiger partial charge on any atom is 0.417 e. The third-order valence-corrected chi connectivity index (χ3v) is 5.88. The third-order valence-electron chi connectivity index (χ3n) is 4.14. The second kappa shape index (κ2) is 8.86. The van der Waals surface area contributed by atoms with Crippen molar-refractivity contribution < 1.29 is 26.4 Å². The molecule has 0 saturated heterocycles. The number of hydrogen-bond donors (Lipinski definition) is 1. The summed E-state index contributed by atoms with van der Waals surface area (Å²) < 4.78 is 65.3. The summed E-state index contributed by atoms with van der Waals surface area (Å²) in [6, 6.07) is 4.74. The zero-order chi connectivity index (χ0) is 23.5. The van der Waals surface area contributed by atoms with Gasteiger partial charge >= 0.3 is 6.18 Å². The summed E-state index contributed by atoms with van der Waals surface area (Å²) in [5, 5.41) is 6.41. The number of hydrogen-bond acceptors (Lipinski definition) is 7. The molecule has 0 spiro atoms. The first-order valence-corrected chi connectivity index (χ1v) is 10.8. The van der Waals surface area contributed by atoms with E-state index in [1.807, 2.05) is 0 Å². The molecule has 3 rings (SSSR count). The van der Waals surface area contributed by atoms with E-state index < -0.39 is 27.5 Å². The van der Waals surface area contributed by atoms with Gasteiger partial charge in [-0.1, -0.05) is 6.92 Å². The summed E-state index contributed by atoms with van der Waals surface area (Å²) in [4.78, 5) is 23.4. The summed E-state index contributed by atoms with van der Waals surface area (Å²) in [7, 11) is -3.85. The largest absolute Gasteiger partial charge is 0.417 e. The van der Waals surface area contributed by atoms with Gasteiger partial charge in [-0.2, -0.15) is 18.3 Å². The molecule has 0 aromatic carbocycles. The van der Waals surface area contributed by atoms with E-state index in [1.54, 1.807) is 12.3 Å². The van der Waals surface area contributed by atoms with Gasteiger partial charge in [-0.05, 0) is 24.3 Å². The highest BCUT2D eigenvalue weighted by atomic mass is 32.2. The van der Waals surface area contributed by atoms with Crippen LogP contribution in [-0.2, 0) is 20.8 Å². The van der Waals surface area contributed by atoms with Crippen molar-refractivity contribution in [3.8, 4) is 5.69 Å². The van der Waals surface area contributed by atoms with Gasteiger partial charge in [-0.25, -0.2) is 28.1 Å². The number of pyridine rings is 2. The fourth-order valence-electron chi connectivity index (χ4n) is 2.59. The molecule has 9 nitrogen and oxygen atoms in total. The number of amidine groups is 1. The average Bonchev–Trinajstić information content (AvgIpc) is 3.27. The molecule has 3 aromatic heterocycles. The van der Waals surface area contributed by atoms with Gasteiger partial charge in [-0.3, -0.25) is 4.79 Å². The van der Waals surface area contributed by atoms with Gasteiger partial charge in [0.25, 0.3) is 0 Å². The van der Waals surface area contributed by atoms with Gasteiger partial charge in [0.1, 0.15) is 5.69 Å². The summed E-state index contributed by atoms with van der Waals surface area (Å²) in [6.07, 6.45) is 0.426. The smallest absolute Gasteiger partial charge is 0.309 e. The number of alkyl halides is 3. The van der Waals surface area contributed by atoms with Crippen LogP contribution in [0.3, 0.4) is 0 Å². The first kappa shape index (κ1) is 23.1. The van der Waals surface area contributed by atoms with Crippen LogP contribution in [0.5, 0.6) is 0 Å². The molecule has 32 heavy (non-hydrogen) atoms. The van der Waals surface area contributed by atoms with Crippen LogP contribution in [0.1, 0.15) is 25.1 Å². The van der Waals surface area contributed by atoms with Crippen LogP contribution in [-0.4, -0.2) is 45.7 Å². The number of nitrogens with one attached hydrogen (secondary N) is 1. The van der Waals surface area contributed by atoms with Crippen LogP contribution in [0.15, 0.2) is 58.9 Å². The third kappa shape index (κ3) is 5.17. The van der Waals surface area contributed by atoms with E-state index >= 15 is 0 Å². The number of amides is 1. The predicted molar refractivity (Wildman–Crippen MR) is 108 cm³/mol. The molecule has 0 bridgehead atoms. The van der Waals surface area contributed by atoms with Crippen LogP contribution in [0.2, 0.25) is 0 Å².